The van der Waals surface area contributed by atoms with Crippen molar-refractivity contribution >= 4 is 34.6 Å². The average molecular weight is 373 g/mol. The molecule has 26 heavy (non-hydrogen) atoms. The maximum atomic E-state index is 6.33. The zero-order chi connectivity index (χ0) is 18.5. The van der Waals surface area contributed by atoms with Crippen molar-refractivity contribution in [3.05, 3.63) is 58.9 Å². The zero-order valence-electron chi connectivity index (χ0n) is 14.9. The Kier molecular flexibility index (Phi) is 5.72. The molecule has 0 aliphatic rings. The highest BCUT2D eigenvalue weighted by Gasteiger charge is 2.09. The summed E-state index contributed by atoms with van der Waals surface area (Å²) < 4.78 is 1.77. The van der Waals surface area contributed by atoms with Crippen molar-refractivity contribution in [1.29, 1.82) is 0 Å². The molecule has 0 saturated heterocycles. The summed E-state index contributed by atoms with van der Waals surface area (Å²) in [4.78, 5) is 9.28. The van der Waals surface area contributed by atoms with Gasteiger partial charge in [-0.25, -0.2) is 4.98 Å². The van der Waals surface area contributed by atoms with Crippen LogP contribution in [0.4, 0.5) is 23.0 Å². The van der Waals surface area contributed by atoms with Crippen molar-refractivity contribution in [2.75, 3.05) is 17.7 Å². The molecule has 7 nitrogen and oxygen atoms in total. The van der Waals surface area contributed by atoms with E-state index >= 15 is 0 Å². The van der Waals surface area contributed by atoms with Gasteiger partial charge in [0.2, 0.25) is 0 Å². The Morgan fingerprint density at radius 1 is 1.15 bits per heavy atom. The number of para-hydroxylation sites is 1. The molecular weight excluding hydrogens is 352 g/mol. The Morgan fingerprint density at radius 3 is 2.69 bits per heavy atom. The van der Waals surface area contributed by atoms with Crippen molar-refractivity contribution < 1.29 is 4.84 Å². The topological polar surface area (TPSA) is 76.0 Å². The number of benzene rings is 1. The van der Waals surface area contributed by atoms with Crippen LogP contribution in [0.5, 0.6) is 0 Å². The van der Waals surface area contributed by atoms with E-state index in [0.717, 1.165) is 28.5 Å². The van der Waals surface area contributed by atoms with E-state index in [0.29, 0.717) is 17.4 Å². The van der Waals surface area contributed by atoms with Gasteiger partial charge in [-0.2, -0.15) is 10.6 Å². The molecule has 3 N–H and O–H groups in total. The summed E-state index contributed by atoms with van der Waals surface area (Å²) in [7, 11) is 3.47. The van der Waals surface area contributed by atoms with E-state index in [1.54, 1.807) is 18.0 Å². The van der Waals surface area contributed by atoms with E-state index in [9.17, 15) is 0 Å². The van der Waals surface area contributed by atoms with E-state index in [4.69, 9.17) is 16.4 Å². The summed E-state index contributed by atoms with van der Waals surface area (Å²) in [5, 5.41) is 11.5. The van der Waals surface area contributed by atoms with Crippen molar-refractivity contribution in [1.82, 2.24) is 20.2 Å². The van der Waals surface area contributed by atoms with Gasteiger partial charge in [0.05, 0.1) is 29.7 Å². The number of halogens is 1. The van der Waals surface area contributed by atoms with Crippen LogP contribution in [0.25, 0.3) is 0 Å². The number of nitrogens with one attached hydrogen (secondary N) is 3. The lowest BCUT2D eigenvalue weighted by Gasteiger charge is -2.14. The van der Waals surface area contributed by atoms with E-state index < -0.39 is 0 Å². The molecule has 136 valence electrons. The highest BCUT2D eigenvalue weighted by molar-refractivity contribution is 6.33. The monoisotopic (exact) mass is 372 g/mol. The van der Waals surface area contributed by atoms with Gasteiger partial charge in [-0.1, -0.05) is 29.8 Å². The molecule has 3 aromatic rings. The predicted molar refractivity (Wildman–Crippen MR) is 104 cm³/mol. The summed E-state index contributed by atoms with van der Waals surface area (Å²) >= 11 is 6.33. The van der Waals surface area contributed by atoms with E-state index in [1.807, 2.05) is 50.4 Å². The number of nitrogens with zero attached hydrogens (tertiary/aromatic N) is 3. The molecule has 8 heteroatoms. The van der Waals surface area contributed by atoms with Crippen LogP contribution in [0.15, 0.2) is 42.6 Å². The molecular formula is C18H21ClN6O. The molecule has 2 heterocycles. The van der Waals surface area contributed by atoms with E-state index in [-0.39, 0.29) is 0 Å². The number of aromatic nitrogens is 3. The maximum Gasteiger partial charge on any atom is 0.133 e. The summed E-state index contributed by atoms with van der Waals surface area (Å²) in [5.74, 6) is 1.53. The molecule has 1 aromatic carbocycles. The molecule has 0 aliphatic carbocycles. The molecule has 0 fully saturated rings. The van der Waals surface area contributed by atoms with Crippen molar-refractivity contribution in [2.24, 2.45) is 7.05 Å². The smallest absolute Gasteiger partial charge is 0.133 e. The molecule has 0 bridgehead atoms. The Labute approximate surface area is 157 Å². The maximum absolute atomic E-state index is 6.33. The van der Waals surface area contributed by atoms with Gasteiger partial charge in [0.1, 0.15) is 11.6 Å². The third-order valence-electron chi connectivity index (χ3n) is 3.81. The molecule has 2 aromatic heterocycles. The van der Waals surface area contributed by atoms with Crippen molar-refractivity contribution in [3.8, 4) is 0 Å². The first kappa shape index (κ1) is 18.2. The molecule has 0 amide bonds. The number of anilines is 4. The van der Waals surface area contributed by atoms with Gasteiger partial charge in [-0.15, -0.1) is 0 Å². The first-order chi connectivity index (χ1) is 12.6. The van der Waals surface area contributed by atoms with Crippen LogP contribution in [-0.4, -0.2) is 21.9 Å². The lowest BCUT2D eigenvalue weighted by atomic mass is 10.1. The zero-order valence-corrected chi connectivity index (χ0v) is 15.6. The van der Waals surface area contributed by atoms with Gasteiger partial charge in [0.15, 0.2) is 0 Å². The number of aryl methyl sites for hydroxylation is 2. The molecule has 0 spiro atoms. The van der Waals surface area contributed by atoms with Gasteiger partial charge >= 0.3 is 0 Å². The van der Waals surface area contributed by atoms with Crippen LogP contribution in [0.1, 0.15) is 11.3 Å². The average Bonchev–Trinajstić information content (AvgIpc) is 2.94. The predicted octanol–water partition coefficient (Wildman–Crippen LogP) is 3.92. The highest BCUT2D eigenvalue weighted by atomic mass is 35.5. The summed E-state index contributed by atoms with van der Waals surface area (Å²) in [6.45, 7) is 2.51. The van der Waals surface area contributed by atoms with E-state index in [1.165, 1.54) is 0 Å². The lowest BCUT2D eigenvalue weighted by Crippen LogP contribution is -2.12. The minimum Gasteiger partial charge on any atom is -0.354 e. The Morgan fingerprint density at radius 2 is 1.96 bits per heavy atom. The van der Waals surface area contributed by atoms with Crippen LogP contribution in [0.2, 0.25) is 5.02 Å². The molecule has 0 atom stereocenters. The normalized spacial score (nSPS) is 10.8. The number of pyridine rings is 1. The fourth-order valence-corrected chi connectivity index (χ4v) is 2.70. The quantitative estimate of drug-likeness (QED) is 0.546. The van der Waals surface area contributed by atoms with E-state index in [2.05, 4.69) is 26.2 Å². The van der Waals surface area contributed by atoms with Gasteiger partial charge < -0.3 is 15.5 Å². The second-order valence-electron chi connectivity index (χ2n) is 5.78. The Balaban J connectivity index is 1.83. The summed E-state index contributed by atoms with van der Waals surface area (Å²) in [5.41, 5.74) is 6.53. The Bertz CT molecular complexity index is 895. The standard InChI is InChI=1S/C18H21ClN6O/c1-12-8-18(25(2)24-12)23-17-9-16(14(19)11-20-17)22-15-7-5-4-6-13(15)10-21-26-3/h4-9,11,21H,10H2,1-3H3,(H2,20,22,23). The van der Waals surface area contributed by atoms with Crippen LogP contribution in [0, 0.1) is 6.92 Å². The second kappa shape index (κ2) is 8.18. The van der Waals surface area contributed by atoms with Gasteiger partial charge in [0, 0.05) is 31.4 Å². The van der Waals surface area contributed by atoms with Gasteiger partial charge in [-0.3, -0.25) is 4.68 Å². The lowest BCUT2D eigenvalue weighted by molar-refractivity contribution is 0.0868. The van der Waals surface area contributed by atoms with Crippen molar-refractivity contribution in [3.63, 3.8) is 0 Å². The van der Waals surface area contributed by atoms with Crippen LogP contribution in [0.3, 0.4) is 0 Å². The minimum atomic E-state index is 0.534. The number of rotatable bonds is 7. The summed E-state index contributed by atoms with van der Waals surface area (Å²) in [6, 6.07) is 11.8. The largest absolute Gasteiger partial charge is 0.354 e. The number of hydroxylamine groups is 1. The molecule has 0 radical (unpaired) electrons. The first-order valence-electron chi connectivity index (χ1n) is 8.11. The number of hydrogen-bond donors (Lipinski definition) is 3. The third-order valence-corrected chi connectivity index (χ3v) is 4.11. The van der Waals surface area contributed by atoms with Crippen molar-refractivity contribution in [2.45, 2.75) is 13.5 Å². The third kappa shape index (κ3) is 4.32. The molecule has 0 unspecified atom stereocenters. The second-order valence-corrected chi connectivity index (χ2v) is 6.18. The SMILES string of the molecule is CONCc1ccccc1Nc1cc(Nc2cc(C)nn2C)ncc1Cl. The highest BCUT2D eigenvalue weighted by Crippen LogP contribution is 2.29. The first-order valence-corrected chi connectivity index (χ1v) is 8.48. The van der Waals surface area contributed by atoms with Gasteiger partial charge in [0.25, 0.3) is 0 Å². The fraction of sp³-hybridized carbons (Fsp3) is 0.222. The van der Waals surface area contributed by atoms with Crippen LogP contribution in [-0.2, 0) is 18.4 Å². The molecule has 3 rings (SSSR count). The van der Waals surface area contributed by atoms with Gasteiger partial charge in [-0.05, 0) is 18.6 Å². The minimum absolute atomic E-state index is 0.534. The number of hydrogen-bond acceptors (Lipinski definition) is 6. The molecule has 0 aliphatic heterocycles. The fourth-order valence-electron chi connectivity index (χ4n) is 2.55. The molecule has 0 saturated carbocycles. The van der Waals surface area contributed by atoms with Crippen LogP contribution < -0.4 is 16.1 Å². The Hall–Kier alpha value is -2.61. The summed E-state index contributed by atoms with van der Waals surface area (Å²) in [6.07, 6.45) is 1.62. The van der Waals surface area contributed by atoms with Crippen LogP contribution >= 0.6 is 11.6 Å².